The highest BCUT2D eigenvalue weighted by atomic mass is 35.5. The van der Waals surface area contributed by atoms with Gasteiger partial charge < -0.3 is 19.1 Å². The number of benzene rings is 1. The van der Waals surface area contributed by atoms with Gasteiger partial charge >= 0.3 is 5.97 Å². The number of carbonyl (C=O) groups is 2. The molecular formula is C25H27ClN2O5. The SMILES string of the molecule is COc1ccccc1COC(=O)C1=C(C)N(C[C@H]2CCCO2)C(=O)C[C@H]1c1ccc(Cl)nc1. The molecule has 2 atom stereocenters. The van der Waals surface area contributed by atoms with Crippen molar-refractivity contribution in [1.82, 2.24) is 9.88 Å². The molecule has 0 unspecified atom stereocenters. The summed E-state index contributed by atoms with van der Waals surface area (Å²) >= 11 is 5.96. The van der Waals surface area contributed by atoms with Gasteiger partial charge in [-0.2, -0.15) is 0 Å². The summed E-state index contributed by atoms with van der Waals surface area (Å²) in [5.41, 5.74) is 2.55. The number of nitrogens with zero attached hydrogens (tertiary/aromatic N) is 2. The van der Waals surface area contributed by atoms with Crippen LogP contribution in [0.5, 0.6) is 5.75 Å². The molecule has 0 spiro atoms. The van der Waals surface area contributed by atoms with Crippen molar-refractivity contribution in [2.24, 2.45) is 0 Å². The van der Waals surface area contributed by atoms with Crippen molar-refractivity contribution in [3.63, 3.8) is 0 Å². The van der Waals surface area contributed by atoms with E-state index < -0.39 is 11.9 Å². The zero-order valence-corrected chi connectivity index (χ0v) is 19.5. The number of esters is 1. The molecule has 0 aliphatic carbocycles. The topological polar surface area (TPSA) is 78.0 Å². The molecule has 2 aromatic rings. The summed E-state index contributed by atoms with van der Waals surface area (Å²) in [7, 11) is 1.58. The van der Waals surface area contributed by atoms with Crippen LogP contribution in [0.15, 0.2) is 53.9 Å². The van der Waals surface area contributed by atoms with E-state index >= 15 is 0 Å². The summed E-state index contributed by atoms with van der Waals surface area (Å²) in [5, 5.41) is 0.349. The van der Waals surface area contributed by atoms with Crippen molar-refractivity contribution in [1.29, 1.82) is 0 Å². The monoisotopic (exact) mass is 470 g/mol. The molecule has 1 saturated heterocycles. The highest BCUT2D eigenvalue weighted by molar-refractivity contribution is 6.29. The maximum Gasteiger partial charge on any atom is 0.336 e. The van der Waals surface area contributed by atoms with E-state index in [4.69, 9.17) is 25.8 Å². The van der Waals surface area contributed by atoms with Gasteiger partial charge in [0.1, 0.15) is 17.5 Å². The number of hydrogen-bond donors (Lipinski definition) is 0. The van der Waals surface area contributed by atoms with Crippen molar-refractivity contribution in [3.8, 4) is 5.75 Å². The Labute approximate surface area is 198 Å². The Hall–Kier alpha value is -2.90. The van der Waals surface area contributed by atoms with Crippen molar-refractivity contribution in [2.75, 3.05) is 20.3 Å². The fourth-order valence-electron chi connectivity index (χ4n) is 4.41. The van der Waals surface area contributed by atoms with Gasteiger partial charge in [0.05, 0.1) is 25.3 Å². The van der Waals surface area contributed by atoms with E-state index in [1.165, 1.54) is 0 Å². The third kappa shape index (κ3) is 5.20. The van der Waals surface area contributed by atoms with Crippen LogP contribution < -0.4 is 4.74 Å². The third-order valence-electron chi connectivity index (χ3n) is 6.16. The molecule has 0 saturated carbocycles. The van der Waals surface area contributed by atoms with E-state index in [0.717, 1.165) is 24.0 Å². The maximum absolute atomic E-state index is 13.4. The molecule has 33 heavy (non-hydrogen) atoms. The van der Waals surface area contributed by atoms with Gasteiger partial charge in [-0.1, -0.05) is 35.9 Å². The van der Waals surface area contributed by atoms with E-state index in [-0.39, 0.29) is 25.0 Å². The first-order valence-electron chi connectivity index (χ1n) is 11.0. The molecule has 2 aliphatic heterocycles. The Bertz CT molecular complexity index is 1050. The average molecular weight is 471 g/mol. The van der Waals surface area contributed by atoms with Crippen molar-refractivity contribution < 1.29 is 23.8 Å². The van der Waals surface area contributed by atoms with Crippen LogP contribution in [0.2, 0.25) is 5.15 Å². The summed E-state index contributed by atoms with van der Waals surface area (Å²) in [4.78, 5) is 32.3. The number of para-hydroxylation sites is 1. The molecule has 1 fully saturated rings. The van der Waals surface area contributed by atoms with Crippen LogP contribution in [0.4, 0.5) is 0 Å². The highest BCUT2D eigenvalue weighted by Gasteiger charge is 2.38. The predicted molar refractivity (Wildman–Crippen MR) is 123 cm³/mol. The largest absolute Gasteiger partial charge is 0.496 e. The second-order valence-electron chi connectivity index (χ2n) is 8.20. The zero-order chi connectivity index (χ0) is 23.4. The first kappa shape index (κ1) is 23.3. The molecule has 8 heteroatoms. The molecule has 2 aliphatic rings. The Morgan fingerprint density at radius 1 is 1.27 bits per heavy atom. The predicted octanol–water partition coefficient (Wildman–Crippen LogP) is 4.26. The number of methoxy groups -OCH3 is 1. The number of allylic oxidation sites excluding steroid dienone is 1. The van der Waals surface area contributed by atoms with Crippen molar-refractivity contribution >= 4 is 23.5 Å². The molecule has 1 aromatic heterocycles. The minimum atomic E-state index is -0.469. The van der Waals surface area contributed by atoms with Crippen LogP contribution in [-0.4, -0.2) is 48.1 Å². The summed E-state index contributed by atoms with van der Waals surface area (Å²) in [5.74, 6) is -0.339. The van der Waals surface area contributed by atoms with Gasteiger partial charge in [0.25, 0.3) is 0 Å². The Morgan fingerprint density at radius 2 is 2.09 bits per heavy atom. The minimum absolute atomic E-state index is 0.0245. The number of amides is 1. The fourth-order valence-corrected chi connectivity index (χ4v) is 4.53. The van der Waals surface area contributed by atoms with Gasteiger partial charge in [0.2, 0.25) is 5.91 Å². The second kappa shape index (κ2) is 10.4. The van der Waals surface area contributed by atoms with Crippen LogP contribution in [0.3, 0.4) is 0 Å². The normalized spacial score (nSPS) is 20.8. The van der Waals surface area contributed by atoms with Gasteiger partial charge in [-0.05, 0) is 37.5 Å². The molecule has 1 amide bonds. The lowest BCUT2D eigenvalue weighted by molar-refractivity contribution is -0.141. The lowest BCUT2D eigenvalue weighted by atomic mass is 9.84. The molecule has 0 radical (unpaired) electrons. The number of carbonyl (C=O) groups excluding carboxylic acids is 2. The van der Waals surface area contributed by atoms with Crippen molar-refractivity contribution in [3.05, 3.63) is 70.1 Å². The summed E-state index contributed by atoms with van der Waals surface area (Å²) in [6.45, 7) is 2.98. The van der Waals surface area contributed by atoms with Gasteiger partial charge in [-0.25, -0.2) is 9.78 Å². The van der Waals surface area contributed by atoms with E-state index in [0.29, 0.717) is 35.3 Å². The lowest BCUT2D eigenvalue weighted by Crippen LogP contribution is -2.42. The molecule has 0 bridgehead atoms. The zero-order valence-electron chi connectivity index (χ0n) is 18.8. The number of halogens is 1. The molecular weight excluding hydrogens is 444 g/mol. The third-order valence-corrected chi connectivity index (χ3v) is 6.38. The summed E-state index contributed by atoms with van der Waals surface area (Å²) in [6, 6.07) is 10.8. The smallest absolute Gasteiger partial charge is 0.336 e. The molecule has 0 N–H and O–H groups in total. The highest BCUT2D eigenvalue weighted by Crippen LogP contribution is 2.38. The average Bonchev–Trinajstić information content (AvgIpc) is 3.34. The quantitative estimate of drug-likeness (QED) is 0.444. The standard InChI is InChI=1S/C25H27ClN2O5/c1-16-24(25(30)33-15-18-6-3-4-8-21(18)31-2)20(17-9-10-22(26)27-13-17)12-23(29)28(16)14-19-7-5-11-32-19/h3-4,6,8-10,13,19-20H,5,7,11-12,14-15H2,1-2H3/t19-,20+/m1/s1. The Balaban J connectivity index is 1.64. The van der Waals surface area contributed by atoms with Gasteiger partial charge in [-0.3, -0.25) is 4.79 Å². The van der Waals surface area contributed by atoms with Crippen LogP contribution in [-0.2, 0) is 25.7 Å². The first-order chi connectivity index (χ1) is 16.0. The number of hydrogen-bond acceptors (Lipinski definition) is 6. The number of ether oxygens (including phenoxy) is 3. The first-order valence-corrected chi connectivity index (χ1v) is 11.4. The number of rotatable bonds is 7. The van der Waals surface area contributed by atoms with E-state index in [1.54, 1.807) is 37.3 Å². The minimum Gasteiger partial charge on any atom is -0.496 e. The molecule has 7 nitrogen and oxygen atoms in total. The lowest BCUT2D eigenvalue weighted by Gasteiger charge is -2.35. The van der Waals surface area contributed by atoms with Gasteiger partial charge in [0, 0.05) is 36.4 Å². The van der Waals surface area contributed by atoms with Crippen LogP contribution in [0, 0.1) is 0 Å². The van der Waals surface area contributed by atoms with E-state index in [1.807, 2.05) is 24.3 Å². The van der Waals surface area contributed by atoms with E-state index in [9.17, 15) is 9.59 Å². The van der Waals surface area contributed by atoms with Crippen molar-refractivity contribution in [2.45, 2.75) is 44.8 Å². The molecule has 3 heterocycles. The Kier molecular flexibility index (Phi) is 7.30. The fraction of sp³-hybridized carbons (Fsp3) is 0.400. The van der Waals surface area contributed by atoms with Gasteiger partial charge in [-0.15, -0.1) is 0 Å². The van der Waals surface area contributed by atoms with E-state index in [2.05, 4.69) is 4.98 Å². The Morgan fingerprint density at radius 3 is 2.79 bits per heavy atom. The maximum atomic E-state index is 13.4. The molecule has 4 rings (SSSR count). The number of pyridine rings is 1. The molecule has 174 valence electrons. The molecule has 1 aromatic carbocycles. The van der Waals surface area contributed by atoms with Crippen LogP contribution in [0.25, 0.3) is 0 Å². The summed E-state index contributed by atoms with van der Waals surface area (Å²) < 4.78 is 16.8. The summed E-state index contributed by atoms with van der Waals surface area (Å²) in [6.07, 6.45) is 3.60. The van der Waals surface area contributed by atoms with Crippen LogP contribution >= 0.6 is 11.6 Å². The second-order valence-corrected chi connectivity index (χ2v) is 8.58. The number of aromatic nitrogens is 1. The van der Waals surface area contributed by atoms with Crippen LogP contribution in [0.1, 0.15) is 43.2 Å². The van der Waals surface area contributed by atoms with Gasteiger partial charge in [0.15, 0.2) is 0 Å².